The van der Waals surface area contributed by atoms with Crippen LogP contribution in [-0.2, 0) is 4.79 Å². The summed E-state index contributed by atoms with van der Waals surface area (Å²) >= 11 is 0. The lowest BCUT2D eigenvalue weighted by molar-refractivity contribution is -0.119. The first-order valence-electron chi connectivity index (χ1n) is 11.6. The Morgan fingerprint density at radius 3 is 2.47 bits per heavy atom. The second-order valence-electron chi connectivity index (χ2n) is 8.63. The molecular weight excluding hydrogens is 410 g/mol. The van der Waals surface area contributed by atoms with Crippen LogP contribution in [0, 0.1) is 5.92 Å². The van der Waals surface area contributed by atoms with Gasteiger partial charge >= 0.3 is 12.1 Å². The maximum absolute atomic E-state index is 12.3. The van der Waals surface area contributed by atoms with Crippen LogP contribution in [0.1, 0.15) is 51.4 Å². The number of carboxylic acid groups (broad SMARTS) is 1. The number of nitrogens with zero attached hydrogens (tertiary/aromatic N) is 4. The van der Waals surface area contributed by atoms with Gasteiger partial charge in [-0.3, -0.25) is 4.79 Å². The van der Waals surface area contributed by atoms with E-state index in [1.807, 2.05) is 0 Å². The third kappa shape index (κ3) is 5.64. The van der Waals surface area contributed by atoms with E-state index in [-0.39, 0.29) is 23.7 Å². The van der Waals surface area contributed by atoms with Gasteiger partial charge in [0.2, 0.25) is 11.8 Å². The van der Waals surface area contributed by atoms with Crippen molar-refractivity contribution < 1.29 is 19.1 Å². The van der Waals surface area contributed by atoms with Crippen molar-refractivity contribution >= 4 is 23.7 Å². The van der Waals surface area contributed by atoms with Crippen LogP contribution in [0.25, 0.3) is 11.5 Å². The Bertz CT molecular complexity index is 901. The number of amides is 2. The predicted octanol–water partition coefficient (Wildman–Crippen LogP) is 4.23. The maximum atomic E-state index is 12.3. The average Bonchev–Trinajstić information content (AvgIpc) is 3.50. The lowest BCUT2D eigenvalue weighted by Crippen LogP contribution is -2.35. The van der Waals surface area contributed by atoms with Crippen LogP contribution in [0.2, 0.25) is 0 Å². The van der Waals surface area contributed by atoms with Crippen LogP contribution < -0.4 is 10.2 Å². The topological polar surface area (TPSA) is 112 Å². The first-order chi connectivity index (χ1) is 15.6. The summed E-state index contributed by atoms with van der Waals surface area (Å²) in [7, 11) is 0. The summed E-state index contributed by atoms with van der Waals surface area (Å²) in [5.74, 6) is 0.415. The summed E-state index contributed by atoms with van der Waals surface area (Å²) < 4.78 is 5.66. The number of anilines is 2. The second kappa shape index (κ2) is 10.6. The molecule has 2 heterocycles. The maximum Gasteiger partial charge on any atom is 0.415 e. The van der Waals surface area contributed by atoms with Gasteiger partial charge in [-0.15, -0.1) is 5.10 Å². The summed E-state index contributed by atoms with van der Waals surface area (Å²) in [5.41, 5.74) is 1.39. The number of carbonyl (C=O) groups excluding carboxylic acids is 1. The number of piperidine rings is 1. The Balaban J connectivity index is 1.34. The van der Waals surface area contributed by atoms with E-state index in [0.29, 0.717) is 18.5 Å². The molecule has 1 saturated heterocycles. The van der Waals surface area contributed by atoms with Crippen LogP contribution in [0.15, 0.2) is 28.7 Å². The summed E-state index contributed by atoms with van der Waals surface area (Å²) in [6, 6.07) is 7.12. The van der Waals surface area contributed by atoms with Gasteiger partial charge in [0, 0.05) is 23.7 Å². The summed E-state index contributed by atoms with van der Waals surface area (Å²) in [4.78, 5) is 27.5. The highest BCUT2D eigenvalue weighted by Crippen LogP contribution is 2.27. The molecule has 2 aromatic rings. The number of carbonyl (C=O) groups is 2. The average molecular weight is 442 g/mol. The van der Waals surface area contributed by atoms with E-state index in [1.165, 1.54) is 19.3 Å². The third-order valence-corrected chi connectivity index (χ3v) is 6.31. The standard InChI is InChI=1S/C23H31N5O4/c29-20(17-7-2-3-8-17)24-19-11-9-18(10-12-19)21-25-26-22(32-21)28(23(30)31)16-6-15-27-13-4-1-5-14-27/h9-12,17H,1-8,13-16H2,(H,24,29)(H,30,31). The number of likely N-dealkylation sites (tertiary alicyclic amines) is 1. The SMILES string of the molecule is O=C(Nc1ccc(-c2nnc(N(CCCN3CCCCC3)C(=O)O)o2)cc1)C1CCCC1. The van der Waals surface area contributed by atoms with Gasteiger partial charge in [0.1, 0.15) is 0 Å². The fourth-order valence-electron chi connectivity index (χ4n) is 4.48. The van der Waals surface area contributed by atoms with Crippen molar-refractivity contribution in [3.63, 3.8) is 0 Å². The molecule has 9 nitrogen and oxygen atoms in total. The van der Waals surface area contributed by atoms with Crippen molar-refractivity contribution in [3.8, 4) is 11.5 Å². The highest BCUT2D eigenvalue weighted by Gasteiger charge is 2.23. The first kappa shape index (κ1) is 22.3. The number of hydrogen-bond acceptors (Lipinski definition) is 6. The minimum absolute atomic E-state index is 0.0234. The Hall–Kier alpha value is -2.94. The molecule has 2 aliphatic rings. The molecule has 1 aromatic heterocycles. The molecule has 9 heteroatoms. The zero-order chi connectivity index (χ0) is 22.3. The number of aromatic nitrogens is 2. The summed E-state index contributed by atoms with van der Waals surface area (Å²) in [5, 5.41) is 20.5. The minimum Gasteiger partial charge on any atom is -0.465 e. The van der Waals surface area contributed by atoms with Crippen molar-refractivity contribution in [1.82, 2.24) is 15.1 Å². The molecule has 1 aliphatic heterocycles. The molecular formula is C23H31N5O4. The van der Waals surface area contributed by atoms with Gasteiger partial charge < -0.3 is 19.7 Å². The summed E-state index contributed by atoms with van der Waals surface area (Å²) in [6.07, 6.45) is 7.42. The first-order valence-corrected chi connectivity index (χ1v) is 11.6. The number of nitrogens with one attached hydrogen (secondary N) is 1. The van der Waals surface area contributed by atoms with E-state index in [4.69, 9.17) is 4.42 Å². The number of rotatable bonds is 8. The van der Waals surface area contributed by atoms with E-state index in [9.17, 15) is 14.7 Å². The largest absolute Gasteiger partial charge is 0.465 e. The molecule has 4 rings (SSSR count). The number of hydrogen-bond donors (Lipinski definition) is 2. The van der Waals surface area contributed by atoms with Crippen molar-refractivity contribution in [2.24, 2.45) is 5.92 Å². The van der Waals surface area contributed by atoms with Gasteiger partial charge in [0.05, 0.1) is 0 Å². The molecule has 0 radical (unpaired) electrons. The Labute approximate surface area is 187 Å². The Kier molecular flexibility index (Phi) is 7.36. The van der Waals surface area contributed by atoms with E-state index in [0.717, 1.165) is 55.9 Å². The van der Waals surface area contributed by atoms with E-state index in [2.05, 4.69) is 20.4 Å². The molecule has 1 aromatic carbocycles. The number of benzene rings is 1. The normalized spacial score (nSPS) is 17.4. The second-order valence-corrected chi connectivity index (χ2v) is 8.63. The molecule has 2 N–H and O–H groups in total. The van der Waals surface area contributed by atoms with E-state index < -0.39 is 6.09 Å². The predicted molar refractivity (Wildman–Crippen MR) is 121 cm³/mol. The van der Waals surface area contributed by atoms with Gasteiger partial charge in [-0.1, -0.05) is 24.4 Å². The molecule has 2 amide bonds. The van der Waals surface area contributed by atoms with Crippen molar-refractivity contribution in [1.29, 1.82) is 0 Å². The molecule has 0 atom stereocenters. The molecule has 172 valence electrons. The Morgan fingerprint density at radius 2 is 1.78 bits per heavy atom. The van der Waals surface area contributed by atoms with Crippen molar-refractivity contribution in [2.75, 3.05) is 36.4 Å². The van der Waals surface area contributed by atoms with Crippen LogP contribution in [-0.4, -0.2) is 58.4 Å². The molecule has 2 fully saturated rings. The van der Waals surface area contributed by atoms with Gasteiger partial charge in [-0.2, -0.15) is 0 Å². The molecule has 0 bridgehead atoms. The van der Waals surface area contributed by atoms with Gasteiger partial charge in [-0.25, -0.2) is 9.69 Å². The fourth-order valence-corrected chi connectivity index (χ4v) is 4.48. The molecule has 0 spiro atoms. The van der Waals surface area contributed by atoms with Gasteiger partial charge in [0.15, 0.2) is 0 Å². The van der Waals surface area contributed by atoms with E-state index >= 15 is 0 Å². The van der Waals surface area contributed by atoms with Crippen LogP contribution in [0.3, 0.4) is 0 Å². The van der Waals surface area contributed by atoms with Crippen molar-refractivity contribution in [2.45, 2.75) is 51.4 Å². The fraction of sp³-hybridized carbons (Fsp3) is 0.565. The zero-order valence-corrected chi connectivity index (χ0v) is 18.3. The zero-order valence-electron chi connectivity index (χ0n) is 18.3. The van der Waals surface area contributed by atoms with E-state index in [1.54, 1.807) is 24.3 Å². The lowest BCUT2D eigenvalue weighted by Gasteiger charge is -2.26. The molecule has 0 unspecified atom stereocenters. The lowest BCUT2D eigenvalue weighted by atomic mass is 10.1. The van der Waals surface area contributed by atoms with Crippen LogP contribution >= 0.6 is 0 Å². The molecule has 1 aliphatic carbocycles. The third-order valence-electron chi connectivity index (χ3n) is 6.31. The highest BCUT2D eigenvalue weighted by molar-refractivity contribution is 5.92. The smallest absolute Gasteiger partial charge is 0.415 e. The molecule has 32 heavy (non-hydrogen) atoms. The monoisotopic (exact) mass is 441 g/mol. The highest BCUT2D eigenvalue weighted by atomic mass is 16.4. The van der Waals surface area contributed by atoms with Gasteiger partial charge in [0.25, 0.3) is 0 Å². The minimum atomic E-state index is -1.11. The van der Waals surface area contributed by atoms with Gasteiger partial charge in [-0.05, 0) is 76.0 Å². The molecule has 1 saturated carbocycles. The van der Waals surface area contributed by atoms with Crippen LogP contribution in [0.5, 0.6) is 0 Å². The van der Waals surface area contributed by atoms with Crippen LogP contribution in [0.4, 0.5) is 16.5 Å². The van der Waals surface area contributed by atoms with Crippen molar-refractivity contribution in [3.05, 3.63) is 24.3 Å². The summed E-state index contributed by atoms with van der Waals surface area (Å²) in [6.45, 7) is 3.32. The Morgan fingerprint density at radius 1 is 1.06 bits per heavy atom. The quantitative estimate of drug-likeness (QED) is 0.630.